The Kier molecular flexibility index (Phi) is 5.81. The van der Waals surface area contributed by atoms with Gasteiger partial charge in [-0.2, -0.15) is 0 Å². The number of nitrogens with one attached hydrogen (secondary N) is 3. The van der Waals surface area contributed by atoms with Gasteiger partial charge in [-0.3, -0.25) is 9.78 Å². The summed E-state index contributed by atoms with van der Waals surface area (Å²) >= 11 is 1.76. The molecule has 0 spiro atoms. The fraction of sp³-hybridized carbons (Fsp3) is 0.240. The van der Waals surface area contributed by atoms with Crippen LogP contribution in [0.4, 0.5) is 5.69 Å². The highest BCUT2D eigenvalue weighted by Gasteiger charge is 2.22. The minimum absolute atomic E-state index is 0.114. The smallest absolute Gasteiger partial charge is 0.251 e. The number of carbonyl (C=O) groups is 1. The number of carbonyl (C=O) groups excluding carboxylic acids is 1. The first-order valence-corrected chi connectivity index (χ1v) is 11.8. The molecule has 0 atom stereocenters. The molecule has 3 N–H and O–H groups in total. The van der Waals surface area contributed by atoms with Crippen molar-refractivity contribution in [2.24, 2.45) is 0 Å². The van der Waals surface area contributed by atoms with Crippen LogP contribution in [-0.4, -0.2) is 26.1 Å². The van der Waals surface area contributed by atoms with E-state index in [2.05, 4.69) is 38.0 Å². The largest absolute Gasteiger partial charge is 0.346 e. The molecule has 6 nitrogen and oxygen atoms in total. The predicted molar refractivity (Wildman–Crippen MR) is 131 cm³/mol. The first-order valence-electron chi connectivity index (χ1n) is 10.9. The average Bonchev–Trinajstić information content (AvgIpc) is 3.58. The second kappa shape index (κ2) is 9.04. The normalized spacial score (nSPS) is 13.3. The number of nitrogens with zero attached hydrogens (tertiary/aromatic N) is 2. The highest BCUT2D eigenvalue weighted by atomic mass is 32.2. The van der Waals surface area contributed by atoms with Crippen LogP contribution >= 0.6 is 11.9 Å². The summed E-state index contributed by atoms with van der Waals surface area (Å²) in [6, 6.07) is 13.7. The lowest BCUT2D eigenvalue weighted by Crippen LogP contribution is -2.23. The molecule has 1 saturated carbocycles. The van der Waals surface area contributed by atoms with Crippen molar-refractivity contribution >= 4 is 34.6 Å². The molecule has 5 rings (SSSR count). The van der Waals surface area contributed by atoms with Crippen molar-refractivity contribution in [2.45, 2.75) is 38.0 Å². The summed E-state index contributed by atoms with van der Waals surface area (Å²) < 4.78 is 3.36. The van der Waals surface area contributed by atoms with Crippen molar-refractivity contribution in [3.8, 4) is 11.1 Å². The Morgan fingerprint density at radius 1 is 1.12 bits per heavy atom. The van der Waals surface area contributed by atoms with Crippen molar-refractivity contribution < 1.29 is 4.79 Å². The van der Waals surface area contributed by atoms with E-state index in [4.69, 9.17) is 0 Å². The fourth-order valence-corrected chi connectivity index (χ4v) is 4.37. The molecule has 0 aliphatic heterocycles. The van der Waals surface area contributed by atoms with E-state index in [1.165, 1.54) is 18.4 Å². The molecule has 0 unspecified atom stereocenters. The SMILES string of the molecule is CCc1c[nH]c2ncc(-c3ccc(C(=O)NCc4cc(NSC5CC5)ccn4)cc3)cc12. The second-order valence-electron chi connectivity index (χ2n) is 8.00. The lowest BCUT2D eigenvalue weighted by molar-refractivity contribution is 0.0950. The van der Waals surface area contributed by atoms with Gasteiger partial charge in [0.25, 0.3) is 5.91 Å². The Balaban J connectivity index is 1.23. The second-order valence-corrected chi connectivity index (χ2v) is 9.11. The molecule has 32 heavy (non-hydrogen) atoms. The Bertz CT molecular complexity index is 1250. The number of benzene rings is 1. The first kappa shape index (κ1) is 20.6. The molecule has 4 aromatic rings. The van der Waals surface area contributed by atoms with E-state index in [9.17, 15) is 4.79 Å². The summed E-state index contributed by atoms with van der Waals surface area (Å²) in [6.07, 6.45) is 9.16. The van der Waals surface area contributed by atoms with Gasteiger partial charge in [0.15, 0.2) is 0 Å². The number of amides is 1. The highest BCUT2D eigenvalue weighted by Crippen LogP contribution is 2.34. The average molecular weight is 444 g/mol. The number of fused-ring (bicyclic) bond motifs is 1. The maximum Gasteiger partial charge on any atom is 0.251 e. The lowest BCUT2D eigenvalue weighted by atomic mass is 10.0. The topological polar surface area (TPSA) is 82.7 Å². The third-order valence-electron chi connectivity index (χ3n) is 5.59. The van der Waals surface area contributed by atoms with Crippen LogP contribution in [0.2, 0.25) is 0 Å². The van der Waals surface area contributed by atoms with Crippen LogP contribution in [0, 0.1) is 0 Å². The van der Waals surface area contributed by atoms with Crippen molar-refractivity contribution in [3.63, 3.8) is 0 Å². The molecule has 0 bridgehead atoms. The number of hydrogen-bond donors (Lipinski definition) is 3. The molecule has 1 aliphatic rings. The van der Waals surface area contributed by atoms with Gasteiger partial charge in [-0.25, -0.2) is 4.98 Å². The standard InChI is InChI=1S/C25H25N5OS/c1-2-16-13-27-24-23(16)11-19(14-28-24)17-3-5-18(6-4-17)25(31)29-15-21-12-20(9-10-26-21)30-32-22-7-8-22/h3-6,9-14,22H,2,7-8,15H2,1H3,(H,26,30)(H,27,28)(H,29,31). The number of anilines is 1. The molecule has 1 fully saturated rings. The monoisotopic (exact) mass is 443 g/mol. The van der Waals surface area contributed by atoms with Crippen LogP contribution in [0.25, 0.3) is 22.2 Å². The van der Waals surface area contributed by atoms with Gasteiger partial charge in [0.2, 0.25) is 0 Å². The quantitative estimate of drug-likeness (QED) is 0.320. The predicted octanol–water partition coefficient (Wildman–Crippen LogP) is 5.34. The number of aromatic nitrogens is 3. The molecule has 7 heteroatoms. The number of rotatable bonds is 8. The van der Waals surface area contributed by atoms with E-state index in [-0.39, 0.29) is 5.91 Å². The lowest BCUT2D eigenvalue weighted by Gasteiger charge is -2.09. The number of aromatic amines is 1. The van der Waals surface area contributed by atoms with Gasteiger partial charge in [-0.1, -0.05) is 19.1 Å². The van der Waals surface area contributed by atoms with Gasteiger partial charge >= 0.3 is 0 Å². The third kappa shape index (κ3) is 4.62. The zero-order chi connectivity index (χ0) is 21.9. The Morgan fingerprint density at radius 3 is 2.75 bits per heavy atom. The highest BCUT2D eigenvalue weighted by molar-refractivity contribution is 8.01. The molecule has 1 amide bonds. The molecule has 3 heterocycles. The molecule has 0 radical (unpaired) electrons. The van der Waals surface area contributed by atoms with E-state index in [1.807, 2.05) is 48.8 Å². The zero-order valence-corrected chi connectivity index (χ0v) is 18.7. The van der Waals surface area contributed by atoms with Gasteiger partial charge in [0.05, 0.1) is 12.2 Å². The maximum absolute atomic E-state index is 12.6. The summed E-state index contributed by atoms with van der Waals surface area (Å²) in [5, 5.41) is 4.83. The number of H-pyrrole nitrogens is 1. The number of hydrogen-bond acceptors (Lipinski definition) is 5. The number of pyridine rings is 2. The first-order chi connectivity index (χ1) is 15.7. The minimum Gasteiger partial charge on any atom is -0.346 e. The van der Waals surface area contributed by atoms with E-state index < -0.39 is 0 Å². The molecule has 0 saturated heterocycles. The van der Waals surface area contributed by atoms with Crippen LogP contribution in [0.5, 0.6) is 0 Å². The summed E-state index contributed by atoms with van der Waals surface area (Å²) in [5.41, 5.74) is 6.70. The molecule has 3 aromatic heterocycles. The third-order valence-corrected chi connectivity index (χ3v) is 6.75. The zero-order valence-electron chi connectivity index (χ0n) is 17.9. The van der Waals surface area contributed by atoms with Crippen LogP contribution in [0.1, 0.15) is 41.4 Å². The Labute approximate surface area is 191 Å². The maximum atomic E-state index is 12.6. The van der Waals surface area contributed by atoms with Gasteiger partial charge in [0, 0.05) is 46.0 Å². The van der Waals surface area contributed by atoms with Crippen molar-refractivity contribution in [2.75, 3.05) is 4.72 Å². The van der Waals surface area contributed by atoms with Crippen LogP contribution in [0.15, 0.2) is 61.1 Å². The fourth-order valence-electron chi connectivity index (χ4n) is 3.57. The van der Waals surface area contributed by atoms with Gasteiger partial charge in [-0.15, -0.1) is 0 Å². The summed E-state index contributed by atoms with van der Waals surface area (Å²) in [5.74, 6) is -0.114. The van der Waals surface area contributed by atoms with Crippen molar-refractivity contribution in [1.29, 1.82) is 0 Å². The van der Waals surface area contributed by atoms with E-state index in [0.717, 1.165) is 45.2 Å². The summed E-state index contributed by atoms with van der Waals surface area (Å²) in [4.78, 5) is 24.7. The van der Waals surface area contributed by atoms with E-state index in [1.54, 1.807) is 18.1 Å². The molecule has 162 valence electrons. The molecular formula is C25H25N5OS. The van der Waals surface area contributed by atoms with Crippen LogP contribution in [0.3, 0.4) is 0 Å². The summed E-state index contributed by atoms with van der Waals surface area (Å²) in [7, 11) is 0. The van der Waals surface area contributed by atoms with Crippen LogP contribution in [-0.2, 0) is 13.0 Å². The van der Waals surface area contributed by atoms with Gasteiger partial charge in [0.1, 0.15) is 5.65 Å². The van der Waals surface area contributed by atoms with Crippen molar-refractivity contribution in [3.05, 3.63) is 77.9 Å². The minimum atomic E-state index is -0.114. The molecule has 1 aromatic carbocycles. The van der Waals surface area contributed by atoms with Crippen LogP contribution < -0.4 is 10.0 Å². The van der Waals surface area contributed by atoms with Gasteiger partial charge in [-0.05, 0) is 72.7 Å². The summed E-state index contributed by atoms with van der Waals surface area (Å²) in [6.45, 7) is 2.52. The van der Waals surface area contributed by atoms with Crippen molar-refractivity contribution in [1.82, 2.24) is 20.3 Å². The molecular weight excluding hydrogens is 418 g/mol. The number of aryl methyl sites for hydroxylation is 1. The van der Waals surface area contributed by atoms with Gasteiger partial charge < -0.3 is 15.0 Å². The Morgan fingerprint density at radius 2 is 1.97 bits per heavy atom. The Hall–Kier alpha value is -3.32. The molecule has 1 aliphatic carbocycles. The van der Waals surface area contributed by atoms with E-state index >= 15 is 0 Å². The van der Waals surface area contributed by atoms with E-state index in [0.29, 0.717) is 12.1 Å².